The van der Waals surface area contributed by atoms with E-state index in [-0.39, 0.29) is 0 Å². The molecule has 0 spiro atoms. The van der Waals surface area contributed by atoms with Crippen LogP contribution in [-0.2, 0) is 6.42 Å². The first kappa shape index (κ1) is 14.1. The first-order valence-electron chi connectivity index (χ1n) is 6.98. The van der Waals surface area contributed by atoms with Gasteiger partial charge in [0, 0.05) is 17.2 Å². The molecule has 0 aliphatic carbocycles. The van der Waals surface area contributed by atoms with Gasteiger partial charge in [-0.3, -0.25) is 0 Å². The van der Waals surface area contributed by atoms with E-state index in [2.05, 4.69) is 17.0 Å². The van der Waals surface area contributed by atoms with Crippen molar-refractivity contribution >= 4 is 11.5 Å². The molecule has 0 unspecified atom stereocenters. The lowest BCUT2D eigenvalue weighted by Crippen LogP contribution is -2.01. The van der Waals surface area contributed by atoms with Crippen LogP contribution in [-0.4, -0.2) is 14.6 Å². The maximum atomic E-state index is 6.02. The Morgan fingerprint density at radius 3 is 2.50 bits per heavy atom. The Morgan fingerprint density at radius 2 is 1.85 bits per heavy atom. The molecule has 0 radical (unpaired) electrons. The lowest BCUT2D eigenvalue weighted by molar-refractivity contribution is 0.953. The number of anilines is 1. The number of fused-ring (bicyclic) bond motifs is 1. The molecular formula is C16H20N4. The standard InChI is InChI=1S/C14H14N4.C2H6/c1-2-10-9-16-18-13(15)8-12(17-14(10)18)11-6-4-3-5-7-11;1-2/h3-9H,2,15H2,1H3;1-2H3. The van der Waals surface area contributed by atoms with Crippen molar-refractivity contribution in [3.8, 4) is 11.3 Å². The van der Waals surface area contributed by atoms with E-state index in [9.17, 15) is 0 Å². The van der Waals surface area contributed by atoms with Gasteiger partial charge in [0.05, 0.1) is 11.9 Å². The van der Waals surface area contributed by atoms with Crippen LogP contribution in [0.4, 0.5) is 5.82 Å². The number of hydrogen-bond acceptors (Lipinski definition) is 3. The molecule has 0 amide bonds. The Morgan fingerprint density at radius 1 is 1.15 bits per heavy atom. The fourth-order valence-electron chi connectivity index (χ4n) is 2.04. The number of nitrogens with zero attached hydrogens (tertiary/aromatic N) is 3. The van der Waals surface area contributed by atoms with Crippen molar-refractivity contribution in [3.05, 3.63) is 48.2 Å². The average Bonchev–Trinajstić information content (AvgIpc) is 2.94. The van der Waals surface area contributed by atoms with E-state index in [0.717, 1.165) is 28.9 Å². The van der Waals surface area contributed by atoms with Crippen molar-refractivity contribution in [1.82, 2.24) is 14.6 Å². The minimum absolute atomic E-state index is 0.610. The Labute approximate surface area is 119 Å². The van der Waals surface area contributed by atoms with E-state index >= 15 is 0 Å². The van der Waals surface area contributed by atoms with Crippen LogP contribution in [0.25, 0.3) is 16.9 Å². The monoisotopic (exact) mass is 268 g/mol. The van der Waals surface area contributed by atoms with Crippen LogP contribution in [0, 0.1) is 0 Å². The van der Waals surface area contributed by atoms with Gasteiger partial charge in [-0.25, -0.2) is 4.98 Å². The van der Waals surface area contributed by atoms with Gasteiger partial charge in [0.2, 0.25) is 0 Å². The first-order chi connectivity index (χ1) is 9.79. The molecule has 0 saturated carbocycles. The van der Waals surface area contributed by atoms with E-state index in [1.807, 2.05) is 56.4 Å². The third-order valence-electron chi connectivity index (χ3n) is 3.02. The summed E-state index contributed by atoms with van der Waals surface area (Å²) < 4.78 is 1.69. The number of nitrogens with two attached hydrogens (primary N) is 1. The Kier molecular flexibility index (Phi) is 4.35. The van der Waals surface area contributed by atoms with Gasteiger partial charge in [-0.1, -0.05) is 51.1 Å². The number of aromatic nitrogens is 3. The predicted octanol–water partition coefficient (Wildman–Crippen LogP) is 3.57. The van der Waals surface area contributed by atoms with Gasteiger partial charge in [-0.2, -0.15) is 9.61 Å². The van der Waals surface area contributed by atoms with Crippen molar-refractivity contribution in [2.24, 2.45) is 0 Å². The van der Waals surface area contributed by atoms with Gasteiger partial charge >= 0.3 is 0 Å². The fourth-order valence-corrected chi connectivity index (χ4v) is 2.04. The number of aryl methyl sites for hydroxylation is 1. The van der Waals surface area contributed by atoms with Crippen LogP contribution in [0.2, 0.25) is 0 Å². The molecule has 3 aromatic rings. The molecule has 4 heteroatoms. The molecule has 0 saturated heterocycles. The normalized spacial score (nSPS) is 10.2. The van der Waals surface area contributed by atoms with E-state index in [4.69, 9.17) is 5.73 Å². The topological polar surface area (TPSA) is 56.2 Å². The molecule has 2 heterocycles. The Bertz CT molecular complexity index is 686. The summed E-state index contributed by atoms with van der Waals surface area (Å²) in [7, 11) is 0. The highest BCUT2D eigenvalue weighted by Gasteiger charge is 2.09. The fraction of sp³-hybridized carbons (Fsp3) is 0.250. The Balaban J connectivity index is 0.000000704. The summed E-state index contributed by atoms with van der Waals surface area (Å²) in [5.41, 5.74) is 9.93. The predicted molar refractivity (Wildman–Crippen MR) is 83.6 cm³/mol. The molecule has 0 aliphatic rings. The van der Waals surface area contributed by atoms with Crippen LogP contribution in [0.1, 0.15) is 26.3 Å². The summed E-state index contributed by atoms with van der Waals surface area (Å²) in [6, 6.07) is 11.9. The number of nitrogen functional groups attached to an aromatic ring is 1. The van der Waals surface area contributed by atoms with Crippen molar-refractivity contribution in [2.75, 3.05) is 5.73 Å². The highest BCUT2D eigenvalue weighted by molar-refractivity contribution is 5.66. The van der Waals surface area contributed by atoms with Crippen molar-refractivity contribution < 1.29 is 0 Å². The summed E-state index contributed by atoms with van der Waals surface area (Å²) in [5.74, 6) is 0.610. The highest BCUT2D eigenvalue weighted by Crippen LogP contribution is 2.22. The summed E-state index contributed by atoms with van der Waals surface area (Å²) in [6.07, 6.45) is 2.72. The second kappa shape index (κ2) is 6.19. The van der Waals surface area contributed by atoms with Crippen LogP contribution >= 0.6 is 0 Å². The number of rotatable bonds is 2. The van der Waals surface area contributed by atoms with Gasteiger partial charge < -0.3 is 5.73 Å². The van der Waals surface area contributed by atoms with Crippen LogP contribution < -0.4 is 5.73 Å². The molecule has 104 valence electrons. The van der Waals surface area contributed by atoms with Gasteiger partial charge in [0.15, 0.2) is 5.65 Å². The second-order valence-electron chi connectivity index (χ2n) is 4.19. The third-order valence-corrected chi connectivity index (χ3v) is 3.02. The van der Waals surface area contributed by atoms with Crippen molar-refractivity contribution in [2.45, 2.75) is 27.2 Å². The zero-order valence-corrected chi connectivity index (χ0v) is 12.2. The van der Waals surface area contributed by atoms with E-state index in [0.29, 0.717) is 5.82 Å². The minimum Gasteiger partial charge on any atom is -0.384 e. The molecule has 2 N–H and O–H groups in total. The molecule has 2 aromatic heterocycles. The largest absolute Gasteiger partial charge is 0.384 e. The molecule has 0 atom stereocenters. The van der Waals surface area contributed by atoms with Crippen molar-refractivity contribution in [3.63, 3.8) is 0 Å². The van der Waals surface area contributed by atoms with Crippen molar-refractivity contribution in [1.29, 1.82) is 0 Å². The van der Waals surface area contributed by atoms with Gasteiger partial charge in [-0.15, -0.1) is 0 Å². The van der Waals surface area contributed by atoms with Gasteiger partial charge in [0.25, 0.3) is 0 Å². The summed E-state index contributed by atoms with van der Waals surface area (Å²) in [5, 5.41) is 4.25. The van der Waals surface area contributed by atoms with Crippen LogP contribution in [0.5, 0.6) is 0 Å². The summed E-state index contributed by atoms with van der Waals surface area (Å²) >= 11 is 0. The Hall–Kier alpha value is -2.36. The first-order valence-corrected chi connectivity index (χ1v) is 6.98. The van der Waals surface area contributed by atoms with E-state index in [1.54, 1.807) is 4.52 Å². The number of benzene rings is 1. The maximum Gasteiger partial charge on any atom is 0.161 e. The molecule has 0 aliphatic heterocycles. The SMILES string of the molecule is CC.CCc1cnn2c(N)cc(-c3ccccc3)nc12. The van der Waals surface area contributed by atoms with Gasteiger partial charge in [0.1, 0.15) is 5.82 Å². The maximum absolute atomic E-state index is 6.02. The van der Waals surface area contributed by atoms with E-state index < -0.39 is 0 Å². The van der Waals surface area contributed by atoms with E-state index in [1.165, 1.54) is 0 Å². The number of hydrogen-bond donors (Lipinski definition) is 1. The lowest BCUT2D eigenvalue weighted by atomic mass is 10.1. The minimum atomic E-state index is 0.610. The zero-order chi connectivity index (χ0) is 14.5. The van der Waals surface area contributed by atoms with Crippen LogP contribution in [0.3, 0.4) is 0 Å². The van der Waals surface area contributed by atoms with Crippen LogP contribution in [0.15, 0.2) is 42.6 Å². The summed E-state index contributed by atoms with van der Waals surface area (Å²) in [4.78, 5) is 4.66. The molecule has 0 bridgehead atoms. The second-order valence-corrected chi connectivity index (χ2v) is 4.19. The van der Waals surface area contributed by atoms with Gasteiger partial charge in [-0.05, 0) is 6.42 Å². The smallest absolute Gasteiger partial charge is 0.161 e. The molecule has 0 fully saturated rings. The third kappa shape index (κ3) is 2.50. The summed E-state index contributed by atoms with van der Waals surface area (Å²) in [6.45, 7) is 6.09. The molecule has 4 nitrogen and oxygen atoms in total. The zero-order valence-electron chi connectivity index (χ0n) is 12.2. The quantitative estimate of drug-likeness (QED) is 0.773. The molecule has 1 aromatic carbocycles. The highest BCUT2D eigenvalue weighted by atomic mass is 15.3. The molecule has 3 rings (SSSR count). The lowest BCUT2D eigenvalue weighted by Gasteiger charge is -2.05. The average molecular weight is 268 g/mol. The molecule has 20 heavy (non-hydrogen) atoms. The molecular weight excluding hydrogens is 248 g/mol.